The molecular formula is C15H19FN2O2S. The first-order chi connectivity index (χ1) is 9.95. The van der Waals surface area contributed by atoms with Crippen molar-refractivity contribution in [2.45, 2.75) is 24.7 Å². The van der Waals surface area contributed by atoms with Crippen molar-refractivity contribution in [3.8, 4) is 11.8 Å². The molecule has 0 radical (unpaired) electrons. The fourth-order valence-corrected chi connectivity index (χ4v) is 3.82. The van der Waals surface area contributed by atoms with Crippen molar-refractivity contribution < 1.29 is 12.8 Å². The Morgan fingerprint density at radius 3 is 2.62 bits per heavy atom. The normalized spacial score (nSPS) is 17.3. The molecule has 1 fully saturated rings. The second kappa shape index (κ2) is 6.56. The van der Waals surface area contributed by atoms with Crippen LogP contribution in [0.15, 0.2) is 23.1 Å². The Bertz CT molecular complexity index is 669. The molecule has 0 amide bonds. The summed E-state index contributed by atoms with van der Waals surface area (Å²) in [5.41, 5.74) is 5.67. The van der Waals surface area contributed by atoms with Gasteiger partial charge >= 0.3 is 0 Å². The van der Waals surface area contributed by atoms with Crippen LogP contribution in [0.3, 0.4) is 0 Å². The van der Waals surface area contributed by atoms with Crippen molar-refractivity contribution in [3.63, 3.8) is 0 Å². The number of sulfonamides is 1. The minimum atomic E-state index is -3.77. The van der Waals surface area contributed by atoms with Crippen molar-refractivity contribution in [2.75, 3.05) is 19.6 Å². The summed E-state index contributed by atoms with van der Waals surface area (Å²) in [5.74, 6) is 5.04. The fourth-order valence-electron chi connectivity index (χ4n) is 2.31. The Balaban J connectivity index is 2.28. The van der Waals surface area contributed by atoms with Crippen molar-refractivity contribution in [2.24, 2.45) is 11.7 Å². The standard InChI is InChI=1S/C15H19FN2O2S/c1-12-6-9-18(10-7-12)21(19,20)15-5-4-13(3-2-8-17)11-14(15)16/h4-5,11-12H,6-10,17H2,1H3. The van der Waals surface area contributed by atoms with Crippen LogP contribution in [0.1, 0.15) is 25.3 Å². The smallest absolute Gasteiger partial charge is 0.245 e. The van der Waals surface area contributed by atoms with Gasteiger partial charge in [-0.3, -0.25) is 0 Å². The van der Waals surface area contributed by atoms with Crippen molar-refractivity contribution in [1.29, 1.82) is 0 Å². The molecule has 1 aromatic carbocycles. The average molecular weight is 310 g/mol. The molecule has 0 unspecified atom stereocenters. The van der Waals surface area contributed by atoms with Gasteiger partial charge in [-0.25, -0.2) is 12.8 Å². The van der Waals surface area contributed by atoms with E-state index in [1.165, 1.54) is 16.4 Å². The second-order valence-electron chi connectivity index (χ2n) is 5.24. The van der Waals surface area contributed by atoms with Gasteiger partial charge < -0.3 is 5.73 Å². The summed E-state index contributed by atoms with van der Waals surface area (Å²) in [4.78, 5) is -0.282. The summed E-state index contributed by atoms with van der Waals surface area (Å²) in [6.07, 6.45) is 1.61. The minimum absolute atomic E-state index is 0.174. The predicted molar refractivity (Wildman–Crippen MR) is 79.5 cm³/mol. The van der Waals surface area contributed by atoms with Crippen LogP contribution >= 0.6 is 0 Å². The molecule has 0 spiro atoms. The molecule has 114 valence electrons. The van der Waals surface area contributed by atoms with Gasteiger partial charge in [-0.1, -0.05) is 18.8 Å². The van der Waals surface area contributed by atoms with Crippen molar-refractivity contribution in [3.05, 3.63) is 29.6 Å². The Labute approximate surface area is 125 Å². The average Bonchev–Trinajstić information content (AvgIpc) is 2.45. The van der Waals surface area contributed by atoms with Gasteiger partial charge in [0.25, 0.3) is 0 Å². The minimum Gasteiger partial charge on any atom is -0.320 e. The lowest BCUT2D eigenvalue weighted by Crippen LogP contribution is -2.38. The van der Waals surface area contributed by atoms with Gasteiger partial charge in [-0.2, -0.15) is 4.31 Å². The topological polar surface area (TPSA) is 63.4 Å². The zero-order valence-corrected chi connectivity index (χ0v) is 12.8. The molecule has 1 aliphatic rings. The van der Waals surface area contributed by atoms with Crippen LogP contribution in [0.2, 0.25) is 0 Å². The Hall–Kier alpha value is -1.42. The molecule has 0 aliphatic carbocycles. The van der Waals surface area contributed by atoms with Crippen LogP contribution in [0, 0.1) is 23.6 Å². The van der Waals surface area contributed by atoms with Gasteiger partial charge in [0.15, 0.2) is 0 Å². The van der Waals surface area contributed by atoms with Gasteiger partial charge in [0.2, 0.25) is 10.0 Å². The van der Waals surface area contributed by atoms with E-state index in [1.54, 1.807) is 0 Å². The highest BCUT2D eigenvalue weighted by atomic mass is 32.2. The molecule has 1 heterocycles. The second-order valence-corrected chi connectivity index (χ2v) is 7.14. The summed E-state index contributed by atoms with van der Waals surface area (Å²) >= 11 is 0. The highest BCUT2D eigenvalue weighted by molar-refractivity contribution is 7.89. The van der Waals surface area contributed by atoms with E-state index in [0.717, 1.165) is 18.9 Å². The molecule has 4 nitrogen and oxygen atoms in total. The summed E-state index contributed by atoms with van der Waals surface area (Å²) in [6, 6.07) is 3.93. The third-order valence-corrected chi connectivity index (χ3v) is 5.56. The monoisotopic (exact) mass is 310 g/mol. The van der Waals surface area contributed by atoms with Crippen molar-refractivity contribution >= 4 is 10.0 Å². The first kappa shape index (κ1) is 16.0. The fraction of sp³-hybridized carbons (Fsp3) is 0.467. The molecule has 0 aromatic heterocycles. The summed E-state index contributed by atoms with van der Waals surface area (Å²) < 4.78 is 40.4. The summed E-state index contributed by atoms with van der Waals surface area (Å²) in [7, 11) is -3.77. The van der Waals surface area contributed by atoms with E-state index >= 15 is 0 Å². The van der Waals surface area contributed by atoms with Crippen LogP contribution in [0.5, 0.6) is 0 Å². The molecule has 2 rings (SSSR count). The van der Waals surface area contributed by atoms with E-state index in [9.17, 15) is 12.8 Å². The number of piperidine rings is 1. The molecule has 6 heteroatoms. The summed E-state index contributed by atoms with van der Waals surface area (Å²) in [5, 5.41) is 0. The zero-order valence-electron chi connectivity index (χ0n) is 12.0. The van der Waals surface area contributed by atoms with Gasteiger partial charge in [0, 0.05) is 18.7 Å². The SMILES string of the molecule is CC1CCN(S(=O)(=O)c2ccc(C#CCN)cc2F)CC1. The maximum atomic E-state index is 14.1. The maximum absolute atomic E-state index is 14.1. The molecule has 2 N–H and O–H groups in total. The third kappa shape index (κ3) is 3.62. The molecular weight excluding hydrogens is 291 g/mol. The zero-order chi connectivity index (χ0) is 15.5. The van der Waals surface area contributed by atoms with Gasteiger partial charge in [-0.05, 0) is 37.0 Å². The van der Waals surface area contributed by atoms with Crippen LogP contribution < -0.4 is 5.73 Å². The molecule has 21 heavy (non-hydrogen) atoms. The van der Waals surface area contributed by atoms with Crippen molar-refractivity contribution in [1.82, 2.24) is 4.31 Å². The van der Waals surface area contributed by atoms with Gasteiger partial charge in [-0.15, -0.1) is 0 Å². The number of benzene rings is 1. The molecule has 1 aromatic rings. The highest BCUT2D eigenvalue weighted by Gasteiger charge is 2.30. The third-order valence-electron chi connectivity index (χ3n) is 3.63. The number of rotatable bonds is 2. The van der Waals surface area contributed by atoms with Gasteiger partial charge in [0.1, 0.15) is 10.7 Å². The van der Waals surface area contributed by atoms with E-state index in [0.29, 0.717) is 24.6 Å². The number of hydrogen-bond donors (Lipinski definition) is 1. The Morgan fingerprint density at radius 2 is 2.05 bits per heavy atom. The van der Waals surface area contributed by atoms with Gasteiger partial charge in [0.05, 0.1) is 6.54 Å². The Kier molecular flexibility index (Phi) is 4.99. The maximum Gasteiger partial charge on any atom is 0.245 e. The molecule has 1 aliphatic heterocycles. The molecule has 1 saturated heterocycles. The molecule has 0 atom stereocenters. The Morgan fingerprint density at radius 1 is 1.38 bits per heavy atom. The lowest BCUT2D eigenvalue weighted by molar-refractivity contribution is 0.287. The van der Waals surface area contributed by atoms with E-state index < -0.39 is 15.8 Å². The number of nitrogens with two attached hydrogens (primary N) is 1. The first-order valence-corrected chi connectivity index (χ1v) is 8.38. The largest absolute Gasteiger partial charge is 0.320 e. The number of hydrogen-bond acceptors (Lipinski definition) is 3. The van der Waals surface area contributed by atoms with E-state index in [1.807, 2.05) is 0 Å². The molecule has 0 bridgehead atoms. The van der Waals surface area contributed by atoms with Crippen LogP contribution in [-0.2, 0) is 10.0 Å². The summed E-state index contributed by atoms with van der Waals surface area (Å²) in [6.45, 7) is 3.15. The number of nitrogens with zero attached hydrogens (tertiary/aromatic N) is 1. The lowest BCUT2D eigenvalue weighted by Gasteiger charge is -2.29. The van der Waals surface area contributed by atoms with Crippen LogP contribution in [0.4, 0.5) is 4.39 Å². The first-order valence-electron chi connectivity index (χ1n) is 6.94. The van der Waals surface area contributed by atoms with E-state index in [-0.39, 0.29) is 11.4 Å². The quantitative estimate of drug-likeness (QED) is 0.843. The molecule has 0 saturated carbocycles. The predicted octanol–water partition coefficient (Wildman–Crippen LogP) is 1.56. The van der Waals surface area contributed by atoms with E-state index in [2.05, 4.69) is 18.8 Å². The van der Waals surface area contributed by atoms with Crippen LogP contribution in [-0.4, -0.2) is 32.4 Å². The lowest BCUT2D eigenvalue weighted by atomic mass is 10.0. The number of halogens is 1. The highest BCUT2D eigenvalue weighted by Crippen LogP contribution is 2.25. The van der Waals surface area contributed by atoms with Crippen LogP contribution in [0.25, 0.3) is 0 Å². The van der Waals surface area contributed by atoms with E-state index in [4.69, 9.17) is 5.73 Å².